The first-order valence-electron chi connectivity index (χ1n) is 7.30. The number of nitrogens with one attached hydrogen (secondary N) is 1. The lowest BCUT2D eigenvalue weighted by atomic mass is 9.53. The summed E-state index contributed by atoms with van der Waals surface area (Å²) < 4.78 is 5.46. The zero-order valence-electron chi connectivity index (χ0n) is 10.8. The van der Waals surface area contributed by atoms with Crippen LogP contribution in [0.3, 0.4) is 0 Å². The number of nitrogen functional groups attached to an aromatic ring is 1. The van der Waals surface area contributed by atoms with Crippen LogP contribution in [0.1, 0.15) is 44.3 Å². The normalized spacial score (nSPS) is 41.4. The molecule has 4 saturated carbocycles. The number of nitrogens with two attached hydrogens (primary N) is 1. The quantitative estimate of drug-likeness (QED) is 0.862. The van der Waals surface area contributed by atoms with Crippen molar-refractivity contribution in [2.24, 2.45) is 17.8 Å². The molecule has 0 atom stereocenters. The Bertz CT molecular complexity index is 416. The minimum atomic E-state index is 0.413. The molecule has 0 spiro atoms. The van der Waals surface area contributed by atoms with Crippen LogP contribution in [0.5, 0.6) is 0 Å². The first kappa shape index (κ1) is 10.9. The lowest BCUT2D eigenvalue weighted by Crippen LogP contribution is -2.58. The lowest BCUT2D eigenvalue weighted by Gasteiger charge is -2.57. The molecule has 98 valence electrons. The minimum absolute atomic E-state index is 0.413. The van der Waals surface area contributed by atoms with Crippen LogP contribution < -0.4 is 11.1 Å². The van der Waals surface area contributed by atoms with Gasteiger partial charge in [0.15, 0.2) is 5.88 Å². The molecule has 18 heavy (non-hydrogen) atoms. The largest absolute Gasteiger partial charge is 0.445 e. The molecule has 3 nitrogen and oxygen atoms in total. The fourth-order valence-corrected chi connectivity index (χ4v) is 5.09. The molecule has 0 aromatic carbocycles. The standard InChI is InChI=1S/C15H22N2O/c16-14-2-1-13(18-14)9-17-15-6-10-3-11(7-15)5-12(4-10)8-15/h1-2,10-12,17H,3-9,16H2. The summed E-state index contributed by atoms with van der Waals surface area (Å²) in [6, 6.07) is 3.83. The fraction of sp³-hybridized carbons (Fsp3) is 0.733. The number of hydrogen-bond acceptors (Lipinski definition) is 3. The predicted octanol–water partition coefficient (Wildman–Crippen LogP) is 2.92. The van der Waals surface area contributed by atoms with E-state index in [0.29, 0.717) is 11.4 Å². The Morgan fingerprint density at radius 2 is 1.72 bits per heavy atom. The molecule has 4 aliphatic carbocycles. The Kier molecular flexibility index (Phi) is 2.28. The number of hydrogen-bond donors (Lipinski definition) is 2. The monoisotopic (exact) mass is 246 g/mol. The average molecular weight is 246 g/mol. The summed E-state index contributed by atoms with van der Waals surface area (Å²) in [5.74, 6) is 4.47. The summed E-state index contributed by atoms with van der Waals surface area (Å²) in [6.07, 6.45) is 8.64. The van der Waals surface area contributed by atoms with Crippen molar-refractivity contribution in [2.75, 3.05) is 5.73 Å². The van der Waals surface area contributed by atoms with E-state index in [1.807, 2.05) is 12.1 Å². The van der Waals surface area contributed by atoms with Crippen molar-refractivity contribution in [1.29, 1.82) is 0 Å². The van der Waals surface area contributed by atoms with Crippen LogP contribution in [0, 0.1) is 17.8 Å². The average Bonchev–Trinajstić information content (AvgIpc) is 2.71. The molecule has 3 N–H and O–H groups in total. The molecule has 4 aliphatic rings. The highest BCUT2D eigenvalue weighted by molar-refractivity contribution is 5.25. The number of anilines is 1. The molecule has 1 aromatic rings. The van der Waals surface area contributed by atoms with E-state index in [2.05, 4.69) is 5.32 Å². The van der Waals surface area contributed by atoms with Gasteiger partial charge >= 0.3 is 0 Å². The predicted molar refractivity (Wildman–Crippen MR) is 70.9 cm³/mol. The van der Waals surface area contributed by atoms with Gasteiger partial charge in [0, 0.05) is 11.6 Å². The maximum atomic E-state index is 5.62. The smallest absolute Gasteiger partial charge is 0.190 e. The van der Waals surface area contributed by atoms with Crippen LogP contribution in [0.15, 0.2) is 16.5 Å². The van der Waals surface area contributed by atoms with Gasteiger partial charge in [0.1, 0.15) is 5.76 Å². The van der Waals surface area contributed by atoms with Crippen LogP contribution in [-0.2, 0) is 6.54 Å². The first-order valence-corrected chi connectivity index (χ1v) is 7.30. The van der Waals surface area contributed by atoms with Gasteiger partial charge in [-0.3, -0.25) is 0 Å². The molecule has 0 aliphatic heterocycles. The van der Waals surface area contributed by atoms with E-state index in [4.69, 9.17) is 10.2 Å². The van der Waals surface area contributed by atoms with Crippen molar-refractivity contribution < 1.29 is 4.42 Å². The van der Waals surface area contributed by atoms with Crippen LogP contribution >= 0.6 is 0 Å². The highest BCUT2D eigenvalue weighted by Crippen LogP contribution is 2.55. The Morgan fingerprint density at radius 1 is 1.11 bits per heavy atom. The first-order chi connectivity index (χ1) is 8.71. The zero-order valence-corrected chi connectivity index (χ0v) is 10.8. The van der Waals surface area contributed by atoms with E-state index in [9.17, 15) is 0 Å². The van der Waals surface area contributed by atoms with Gasteiger partial charge in [0.2, 0.25) is 0 Å². The molecule has 0 amide bonds. The Labute approximate surface area is 108 Å². The van der Waals surface area contributed by atoms with Gasteiger partial charge in [-0.15, -0.1) is 0 Å². The maximum Gasteiger partial charge on any atom is 0.190 e. The summed E-state index contributed by atoms with van der Waals surface area (Å²) >= 11 is 0. The van der Waals surface area contributed by atoms with E-state index < -0.39 is 0 Å². The van der Waals surface area contributed by atoms with Crippen molar-refractivity contribution >= 4 is 5.88 Å². The topological polar surface area (TPSA) is 51.2 Å². The maximum absolute atomic E-state index is 5.62. The van der Waals surface area contributed by atoms with Crippen molar-refractivity contribution in [3.05, 3.63) is 17.9 Å². The summed E-state index contributed by atoms with van der Waals surface area (Å²) in [5.41, 5.74) is 6.03. The molecule has 0 saturated heterocycles. The van der Waals surface area contributed by atoms with Gasteiger partial charge in [0.25, 0.3) is 0 Å². The van der Waals surface area contributed by atoms with Gasteiger partial charge < -0.3 is 15.5 Å². The third-order valence-electron chi connectivity index (χ3n) is 5.36. The number of rotatable bonds is 3. The van der Waals surface area contributed by atoms with Crippen LogP contribution in [-0.4, -0.2) is 5.54 Å². The van der Waals surface area contributed by atoms with Gasteiger partial charge in [-0.05, 0) is 62.3 Å². The highest BCUT2D eigenvalue weighted by Gasteiger charge is 2.50. The molecule has 1 aromatic heterocycles. The molecule has 0 radical (unpaired) electrons. The molecular weight excluding hydrogens is 224 g/mol. The van der Waals surface area contributed by atoms with Gasteiger partial charge in [-0.1, -0.05) is 0 Å². The fourth-order valence-electron chi connectivity index (χ4n) is 5.09. The summed E-state index contributed by atoms with van der Waals surface area (Å²) in [7, 11) is 0. The molecule has 3 heteroatoms. The van der Waals surface area contributed by atoms with E-state index in [0.717, 1.165) is 30.1 Å². The molecule has 4 fully saturated rings. The van der Waals surface area contributed by atoms with E-state index in [-0.39, 0.29) is 0 Å². The minimum Gasteiger partial charge on any atom is -0.445 e. The molecule has 0 unspecified atom stereocenters. The van der Waals surface area contributed by atoms with Crippen LogP contribution in [0.2, 0.25) is 0 Å². The van der Waals surface area contributed by atoms with Gasteiger partial charge in [-0.2, -0.15) is 0 Å². The van der Waals surface area contributed by atoms with Crippen molar-refractivity contribution in [3.8, 4) is 0 Å². The van der Waals surface area contributed by atoms with Crippen LogP contribution in [0.4, 0.5) is 5.88 Å². The second-order valence-corrected chi connectivity index (χ2v) is 6.86. The summed E-state index contributed by atoms with van der Waals surface area (Å²) in [6.45, 7) is 0.837. The van der Waals surface area contributed by atoms with Gasteiger partial charge in [-0.25, -0.2) is 0 Å². The van der Waals surface area contributed by atoms with E-state index in [1.54, 1.807) is 0 Å². The van der Waals surface area contributed by atoms with Crippen molar-refractivity contribution in [3.63, 3.8) is 0 Å². The summed E-state index contributed by atoms with van der Waals surface area (Å²) in [5, 5.41) is 3.81. The van der Waals surface area contributed by atoms with Crippen molar-refractivity contribution in [2.45, 2.75) is 50.6 Å². The molecule has 5 rings (SSSR count). The highest BCUT2D eigenvalue weighted by atomic mass is 16.4. The third-order valence-corrected chi connectivity index (χ3v) is 5.36. The Morgan fingerprint density at radius 3 is 2.22 bits per heavy atom. The number of furan rings is 1. The molecular formula is C15H22N2O. The third kappa shape index (κ3) is 1.76. The van der Waals surface area contributed by atoms with E-state index >= 15 is 0 Å². The zero-order chi connectivity index (χ0) is 12.2. The SMILES string of the molecule is Nc1ccc(CNC23CC4CC(CC(C4)C2)C3)o1. The molecule has 1 heterocycles. The summed E-state index contributed by atoms with van der Waals surface area (Å²) in [4.78, 5) is 0. The van der Waals surface area contributed by atoms with Crippen LogP contribution in [0.25, 0.3) is 0 Å². The second kappa shape index (κ2) is 3.77. The lowest BCUT2D eigenvalue weighted by molar-refractivity contribution is -0.0213. The Hall–Kier alpha value is -0.960. The second-order valence-electron chi connectivity index (χ2n) is 6.86. The molecule has 4 bridgehead atoms. The Balaban J connectivity index is 1.47. The van der Waals surface area contributed by atoms with E-state index in [1.165, 1.54) is 38.5 Å². The van der Waals surface area contributed by atoms with Gasteiger partial charge in [0.05, 0.1) is 6.54 Å². The van der Waals surface area contributed by atoms with Crippen molar-refractivity contribution in [1.82, 2.24) is 5.32 Å².